The number of nitrogens with one attached hydrogen (secondary N) is 1. The number of para-hydroxylation sites is 1. The first-order valence-corrected chi connectivity index (χ1v) is 15.9. The second-order valence-corrected chi connectivity index (χ2v) is 12.7. The van der Waals surface area contributed by atoms with Gasteiger partial charge < -0.3 is 24.4 Å². The van der Waals surface area contributed by atoms with Crippen molar-refractivity contribution in [1.29, 1.82) is 0 Å². The lowest BCUT2D eigenvalue weighted by molar-refractivity contribution is -0.151. The Morgan fingerprint density at radius 1 is 0.977 bits per heavy atom. The molecule has 4 rings (SSSR count). The number of hydrogen-bond acceptors (Lipinski definition) is 6. The summed E-state index contributed by atoms with van der Waals surface area (Å²) in [5, 5.41) is 4.03. The maximum atomic E-state index is 14.0. The van der Waals surface area contributed by atoms with Crippen LogP contribution in [0.1, 0.15) is 69.8 Å². The molecule has 2 atom stereocenters. The van der Waals surface area contributed by atoms with Crippen molar-refractivity contribution < 1.29 is 23.8 Å². The van der Waals surface area contributed by atoms with E-state index in [0.717, 1.165) is 43.5 Å². The minimum atomic E-state index is -1.04. The predicted molar refractivity (Wildman–Crippen MR) is 175 cm³/mol. The van der Waals surface area contributed by atoms with Crippen LogP contribution in [0, 0.1) is 5.41 Å². The Morgan fingerprint density at radius 2 is 1.70 bits per heavy atom. The van der Waals surface area contributed by atoms with E-state index in [2.05, 4.69) is 50.4 Å². The molecule has 0 fully saturated rings. The van der Waals surface area contributed by atoms with E-state index >= 15 is 0 Å². The van der Waals surface area contributed by atoms with Gasteiger partial charge in [0, 0.05) is 28.4 Å². The molecular weight excluding hydrogens is 576 g/mol. The number of anilines is 1. The zero-order chi connectivity index (χ0) is 31.5. The lowest BCUT2D eigenvalue weighted by Crippen LogP contribution is -2.44. The highest BCUT2D eigenvalue weighted by atomic mass is 35.5. The summed E-state index contributed by atoms with van der Waals surface area (Å²) in [6, 6.07) is 23.7. The van der Waals surface area contributed by atoms with Gasteiger partial charge in [-0.1, -0.05) is 80.9 Å². The first-order chi connectivity index (χ1) is 21.2. The Morgan fingerprint density at radius 3 is 2.45 bits per heavy atom. The van der Waals surface area contributed by atoms with Gasteiger partial charge in [-0.3, -0.25) is 9.59 Å². The highest BCUT2D eigenvalue weighted by molar-refractivity contribution is 6.30. The molecule has 236 valence electrons. The monoisotopic (exact) mass is 620 g/mol. The summed E-state index contributed by atoms with van der Waals surface area (Å²) in [4.78, 5) is 28.3. The largest absolute Gasteiger partial charge is 0.493 e. The smallest absolute Gasteiger partial charge is 0.308 e. The van der Waals surface area contributed by atoms with Crippen LogP contribution in [0.4, 0.5) is 5.69 Å². The van der Waals surface area contributed by atoms with Crippen LogP contribution in [0.5, 0.6) is 5.75 Å². The van der Waals surface area contributed by atoms with Gasteiger partial charge in [-0.25, -0.2) is 0 Å². The number of carbonyl (C=O) groups excluding carboxylic acids is 2. The molecule has 44 heavy (non-hydrogen) atoms. The number of esters is 1. The molecule has 2 unspecified atom stereocenters. The van der Waals surface area contributed by atoms with Gasteiger partial charge in [0.25, 0.3) is 5.91 Å². The summed E-state index contributed by atoms with van der Waals surface area (Å²) in [7, 11) is 0. The number of benzene rings is 3. The first-order valence-electron chi connectivity index (χ1n) is 15.5. The third kappa shape index (κ3) is 9.55. The van der Waals surface area contributed by atoms with Crippen molar-refractivity contribution in [2.45, 2.75) is 65.6 Å². The number of hydrogen-bond donors (Lipinski definition) is 1. The Hall–Kier alpha value is -3.39. The number of amides is 1. The molecule has 0 bridgehead atoms. The van der Waals surface area contributed by atoms with Crippen LogP contribution in [-0.4, -0.2) is 50.8 Å². The van der Waals surface area contributed by atoms with Crippen molar-refractivity contribution in [1.82, 2.24) is 5.32 Å². The van der Waals surface area contributed by atoms with Gasteiger partial charge >= 0.3 is 5.97 Å². The molecule has 1 heterocycles. The third-order valence-electron chi connectivity index (χ3n) is 7.31. The van der Waals surface area contributed by atoms with Gasteiger partial charge in [-0.05, 0) is 74.5 Å². The van der Waals surface area contributed by atoms with Crippen LogP contribution in [0.3, 0.4) is 0 Å². The van der Waals surface area contributed by atoms with E-state index in [9.17, 15) is 9.59 Å². The Labute approximate surface area is 266 Å². The molecule has 7 nitrogen and oxygen atoms in total. The molecular formula is C36H45ClN2O5. The van der Waals surface area contributed by atoms with Crippen LogP contribution in [-0.2, 0) is 25.5 Å². The number of aryl methyl sites for hydroxylation is 1. The zero-order valence-electron chi connectivity index (χ0n) is 26.3. The van der Waals surface area contributed by atoms with Crippen LogP contribution < -0.4 is 15.0 Å². The topological polar surface area (TPSA) is 77.1 Å². The molecule has 8 heteroatoms. The van der Waals surface area contributed by atoms with E-state index in [0.29, 0.717) is 29.6 Å². The van der Waals surface area contributed by atoms with E-state index in [-0.39, 0.29) is 24.3 Å². The minimum absolute atomic E-state index is 0.190. The molecule has 3 aromatic carbocycles. The average Bonchev–Trinajstić information content (AvgIpc) is 3.09. The minimum Gasteiger partial charge on any atom is -0.493 e. The van der Waals surface area contributed by atoms with Gasteiger partial charge in [0.1, 0.15) is 18.0 Å². The van der Waals surface area contributed by atoms with Crippen LogP contribution in [0.25, 0.3) is 0 Å². The molecule has 1 N–H and O–H groups in total. The van der Waals surface area contributed by atoms with Crippen LogP contribution in [0.2, 0.25) is 5.02 Å². The molecule has 1 aliphatic rings. The summed E-state index contributed by atoms with van der Waals surface area (Å²) in [5.74, 6) is -0.0972. The summed E-state index contributed by atoms with van der Waals surface area (Å²) in [6.45, 7) is 10.9. The lowest BCUT2D eigenvalue weighted by Gasteiger charge is -2.31. The summed E-state index contributed by atoms with van der Waals surface area (Å²) >= 11 is 6.52. The van der Waals surface area contributed by atoms with Gasteiger partial charge in [0.05, 0.1) is 19.6 Å². The molecule has 0 saturated carbocycles. The van der Waals surface area contributed by atoms with E-state index in [1.165, 1.54) is 5.56 Å². The van der Waals surface area contributed by atoms with Crippen LogP contribution >= 0.6 is 11.6 Å². The number of fused-ring (bicyclic) bond motifs is 1. The average molecular weight is 621 g/mol. The number of carbonyl (C=O) groups is 2. The van der Waals surface area contributed by atoms with Gasteiger partial charge in [0.2, 0.25) is 0 Å². The van der Waals surface area contributed by atoms with Crippen molar-refractivity contribution in [2.24, 2.45) is 5.41 Å². The molecule has 0 spiro atoms. The number of nitrogens with zero attached hydrogens (tertiary/aromatic N) is 1. The van der Waals surface area contributed by atoms with E-state index in [1.54, 1.807) is 17.9 Å². The van der Waals surface area contributed by atoms with E-state index < -0.39 is 18.2 Å². The quantitative estimate of drug-likeness (QED) is 0.152. The number of ether oxygens (including phenoxy) is 3. The fourth-order valence-corrected chi connectivity index (χ4v) is 5.53. The van der Waals surface area contributed by atoms with Crippen molar-refractivity contribution in [3.8, 4) is 5.75 Å². The van der Waals surface area contributed by atoms with Crippen LogP contribution in [0.15, 0.2) is 72.8 Å². The van der Waals surface area contributed by atoms with Gasteiger partial charge in [-0.2, -0.15) is 0 Å². The summed E-state index contributed by atoms with van der Waals surface area (Å²) < 4.78 is 18.1. The molecule has 3 aromatic rings. The molecule has 1 amide bonds. The van der Waals surface area contributed by atoms with Crippen molar-refractivity contribution in [3.05, 3.63) is 94.5 Å². The number of halogens is 1. The normalized spacial score (nSPS) is 16.8. The van der Waals surface area contributed by atoms with E-state index in [1.807, 2.05) is 42.5 Å². The predicted octanol–water partition coefficient (Wildman–Crippen LogP) is 7.15. The molecule has 1 aliphatic heterocycles. The fraction of sp³-hybridized carbons (Fsp3) is 0.444. The van der Waals surface area contributed by atoms with Gasteiger partial charge in [-0.15, -0.1) is 0 Å². The SMILES string of the molecule is CCOC(=O)CC1OC(c2ccccc2OCCCNCCCc2ccccc2)c2cc(Cl)ccc2N(CC(C)(C)C)C1=O. The standard InChI is InChI=1S/C36H45ClN2O5/c1-5-42-33(40)24-32-35(41)39(25-36(2,3)4)30-19-18-27(37)23-29(30)34(44-32)28-16-9-10-17-31(28)43-22-12-21-38-20-11-15-26-13-7-6-8-14-26/h6-10,13-14,16-19,23,32,34,38H,5,11-12,15,20-22,24-25H2,1-4H3. The van der Waals surface area contributed by atoms with Gasteiger partial charge in [0.15, 0.2) is 0 Å². The number of rotatable bonds is 14. The lowest BCUT2D eigenvalue weighted by atomic mass is 9.94. The summed E-state index contributed by atoms with van der Waals surface area (Å²) in [6.07, 6.45) is 1.04. The van der Waals surface area contributed by atoms with Crippen molar-refractivity contribution in [3.63, 3.8) is 0 Å². The molecule has 0 saturated heterocycles. The zero-order valence-corrected chi connectivity index (χ0v) is 27.1. The molecule has 0 radical (unpaired) electrons. The Balaban J connectivity index is 1.51. The first kappa shape index (κ1) is 33.5. The second kappa shape index (κ2) is 16.1. The summed E-state index contributed by atoms with van der Waals surface area (Å²) in [5.41, 5.74) is 3.37. The second-order valence-electron chi connectivity index (χ2n) is 12.3. The fourth-order valence-electron chi connectivity index (χ4n) is 5.35. The molecule has 0 aromatic heterocycles. The highest BCUT2D eigenvalue weighted by Crippen LogP contribution is 2.43. The highest BCUT2D eigenvalue weighted by Gasteiger charge is 2.40. The Bertz CT molecular complexity index is 1370. The third-order valence-corrected chi connectivity index (χ3v) is 7.55. The van der Waals surface area contributed by atoms with E-state index in [4.69, 9.17) is 25.8 Å². The Kier molecular flexibility index (Phi) is 12.2. The van der Waals surface area contributed by atoms with Crippen molar-refractivity contribution in [2.75, 3.05) is 37.7 Å². The molecule has 0 aliphatic carbocycles. The van der Waals surface area contributed by atoms with Crippen molar-refractivity contribution >= 4 is 29.2 Å². The maximum absolute atomic E-state index is 14.0. The maximum Gasteiger partial charge on any atom is 0.308 e.